The van der Waals surface area contributed by atoms with Gasteiger partial charge < -0.3 is 5.11 Å². The van der Waals surface area contributed by atoms with Crippen LogP contribution in [0.2, 0.25) is 0 Å². The van der Waals surface area contributed by atoms with Gasteiger partial charge in [-0.1, -0.05) is 18.2 Å². The standard InChI is InChI=1S/C35H32N4O/c1-22-12-13-31(40)33(28-18-25(4)35(26(5)19-28)39-21-30-11-7-9-15-37-30)32(22)27-16-23(2)34(24(3)17-27)38-20-29-10-6-8-14-36-29/h6-21,40H,1-5H3/b38-20+,39-21+. The number of rotatable bonds is 6. The first-order valence-electron chi connectivity index (χ1n) is 13.3. The fourth-order valence-corrected chi connectivity index (χ4v) is 5.13. The molecule has 0 unspecified atom stereocenters. The van der Waals surface area contributed by atoms with Crippen LogP contribution in [-0.4, -0.2) is 27.5 Å². The van der Waals surface area contributed by atoms with Crippen LogP contribution in [0.4, 0.5) is 11.4 Å². The monoisotopic (exact) mass is 524 g/mol. The second-order valence-electron chi connectivity index (χ2n) is 10.1. The smallest absolute Gasteiger partial charge is 0.124 e. The average Bonchev–Trinajstić information content (AvgIpc) is 2.94. The van der Waals surface area contributed by atoms with Gasteiger partial charge in [-0.15, -0.1) is 0 Å². The molecule has 1 N–H and O–H groups in total. The highest BCUT2D eigenvalue weighted by Gasteiger charge is 2.18. The van der Waals surface area contributed by atoms with Crippen LogP contribution in [0.15, 0.2) is 95.2 Å². The Labute approximate surface area is 235 Å². The molecule has 0 aliphatic heterocycles. The minimum atomic E-state index is 0.247. The van der Waals surface area contributed by atoms with Crippen LogP contribution >= 0.6 is 0 Å². The van der Waals surface area contributed by atoms with Crippen molar-refractivity contribution in [3.05, 3.63) is 124 Å². The molecule has 198 valence electrons. The van der Waals surface area contributed by atoms with E-state index in [4.69, 9.17) is 9.98 Å². The maximum Gasteiger partial charge on any atom is 0.124 e. The van der Waals surface area contributed by atoms with Gasteiger partial charge in [-0.05, 0) is 134 Å². The molecule has 2 heterocycles. The molecule has 0 aliphatic carbocycles. The number of benzene rings is 3. The number of nitrogens with zero attached hydrogens (tertiary/aromatic N) is 4. The fraction of sp³-hybridized carbons (Fsp3) is 0.143. The minimum absolute atomic E-state index is 0.247. The minimum Gasteiger partial charge on any atom is -0.507 e. The number of hydrogen-bond acceptors (Lipinski definition) is 5. The van der Waals surface area contributed by atoms with Crippen LogP contribution in [-0.2, 0) is 0 Å². The van der Waals surface area contributed by atoms with Crippen molar-refractivity contribution in [2.45, 2.75) is 34.6 Å². The molecule has 5 aromatic rings. The first-order chi connectivity index (χ1) is 19.3. The molecule has 0 saturated carbocycles. The Kier molecular flexibility index (Phi) is 7.65. The zero-order chi connectivity index (χ0) is 28.2. The number of phenolic OH excluding ortho intramolecular Hbond substituents is 1. The van der Waals surface area contributed by atoms with Gasteiger partial charge >= 0.3 is 0 Å². The molecule has 0 spiro atoms. The van der Waals surface area contributed by atoms with E-state index in [-0.39, 0.29) is 5.75 Å². The molecule has 0 saturated heterocycles. The Bertz CT molecular complexity index is 1560. The maximum absolute atomic E-state index is 11.2. The van der Waals surface area contributed by atoms with E-state index in [1.54, 1.807) is 30.9 Å². The molecule has 0 fully saturated rings. The third-order valence-electron chi connectivity index (χ3n) is 6.98. The van der Waals surface area contributed by atoms with Crippen molar-refractivity contribution in [1.29, 1.82) is 0 Å². The number of aromatic nitrogens is 2. The topological polar surface area (TPSA) is 70.7 Å². The van der Waals surface area contributed by atoms with E-state index in [0.717, 1.165) is 72.8 Å². The van der Waals surface area contributed by atoms with Crippen molar-refractivity contribution in [2.75, 3.05) is 0 Å². The average molecular weight is 525 g/mol. The number of pyridine rings is 2. The van der Waals surface area contributed by atoms with Crippen LogP contribution in [0.25, 0.3) is 22.3 Å². The number of aromatic hydroxyl groups is 1. The Morgan fingerprint density at radius 3 is 1.43 bits per heavy atom. The summed E-state index contributed by atoms with van der Waals surface area (Å²) < 4.78 is 0. The van der Waals surface area contributed by atoms with Crippen LogP contribution in [0.3, 0.4) is 0 Å². The van der Waals surface area contributed by atoms with Crippen LogP contribution in [0, 0.1) is 34.6 Å². The summed E-state index contributed by atoms with van der Waals surface area (Å²) in [6.07, 6.45) is 7.10. The Balaban J connectivity index is 1.57. The van der Waals surface area contributed by atoms with E-state index >= 15 is 0 Å². The third kappa shape index (κ3) is 5.59. The summed E-state index contributed by atoms with van der Waals surface area (Å²) in [6.45, 7) is 10.3. The summed E-state index contributed by atoms with van der Waals surface area (Å²) in [5.74, 6) is 0.247. The highest BCUT2D eigenvalue weighted by Crippen LogP contribution is 2.44. The lowest BCUT2D eigenvalue weighted by atomic mass is 9.87. The summed E-state index contributed by atoms with van der Waals surface area (Å²) in [5.41, 5.74) is 12.5. The molecule has 5 nitrogen and oxygen atoms in total. The van der Waals surface area contributed by atoms with Gasteiger partial charge in [0.25, 0.3) is 0 Å². The number of phenols is 1. The van der Waals surface area contributed by atoms with Crippen molar-refractivity contribution in [2.24, 2.45) is 9.98 Å². The zero-order valence-corrected chi connectivity index (χ0v) is 23.5. The molecule has 0 atom stereocenters. The number of hydrogen-bond donors (Lipinski definition) is 1. The molecule has 3 aromatic carbocycles. The fourth-order valence-electron chi connectivity index (χ4n) is 5.13. The van der Waals surface area contributed by atoms with Gasteiger partial charge in [-0.3, -0.25) is 20.0 Å². The van der Waals surface area contributed by atoms with E-state index in [1.807, 2.05) is 42.5 Å². The van der Waals surface area contributed by atoms with Crippen molar-refractivity contribution in [3.8, 4) is 28.0 Å². The predicted molar refractivity (Wildman–Crippen MR) is 166 cm³/mol. The Morgan fingerprint density at radius 1 is 0.550 bits per heavy atom. The van der Waals surface area contributed by atoms with Gasteiger partial charge in [-0.2, -0.15) is 0 Å². The first-order valence-corrected chi connectivity index (χ1v) is 13.3. The van der Waals surface area contributed by atoms with E-state index in [1.165, 1.54) is 0 Å². The van der Waals surface area contributed by atoms with Gasteiger partial charge in [-0.25, -0.2) is 0 Å². The molecular formula is C35H32N4O. The quantitative estimate of drug-likeness (QED) is 0.226. The maximum atomic E-state index is 11.2. The number of aliphatic imine (C=N–C) groups is 2. The summed E-state index contributed by atoms with van der Waals surface area (Å²) >= 11 is 0. The summed E-state index contributed by atoms with van der Waals surface area (Å²) in [4.78, 5) is 18.2. The van der Waals surface area contributed by atoms with Crippen molar-refractivity contribution < 1.29 is 5.11 Å². The lowest BCUT2D eigenvalue weighted by molar-refractivity contribution is 0.477. The molecule has 0 bridgehead atoms. The molecule has 40 heavy (non-hydrogen) atoms. The van der Waals surface area contributed by atoms with Crippen LogP contribution in [0.5, 0.6) is 5.75 Å². The van der Waals surface area contributed by atoms with Gasteiger partial charge in [0.05, 0.1) is 35.2 Å². The van der Waals surface area contributed by atoms with E-state index < -0.39 is 0 Å². The molecular weight excluding hydrogens is 492 g/mol. The second-order valence-corrected chi connectivity index (χ2v) is 10.1. The van der Waals surface area contributed by atoms with Gasteiger partial charge in [0.15, 0.2) is 0 Å². The van der Waals surface area contributed by atoms with E-state index in [2.05, 4.69) is 68.9 Å². The molecule has 5 heteroatoms. The Hall–Kier alpha value is -4.90. The van der Waals surface area contributed by atoms with Gasteiger partial charge in [0, 0.05) is 18.0 Å². The predicted octanol–water partition coefficient (Wildman–Crippen LogP) is 8.56. The lowest BCUT2D eigenvalue weighted by Gasteiger charge is -2.19. The largest absolute Gasteiger partial charge is 0.507 e. The molecule has 2 aromatic heterocycles. The highest BCUT2D eigenvalue weighted by atomic mass is 16.3. The van der Waals surface area contributed by atoms with Crippen molar-refractivity contribution >= 4 is 23.8 Å². The van der Waals surface area contributed by atoms with Crippen LogP contribution in [0.1, 0.15) is 39.2 Å². The molecule has 5 rings (SSSR count). The van der Waals surface area contributed by atoms with Crippen molar-refractivity contribution in [3.63, 3.8) is 0 Å². The summed E-state index contributed by atoms with van der Waals surface area (Å²) in [7, 11) is 0. The first kappa shape index (κ1) is 26.7. The second kappa shape index (κ2) is 11.5. The molecule has 0 radical (unpaired) electrons. The molecule has 0 aliphatic rings. The van der Waals surface area contributed by atoms with Crippen molar-refractivity contribution in [1.82, 2.24) is 9.97 Å². The summed E-state index contributed by atoms with van der Waals surface area (Å²) in [5, 5.41) is 11.2. The van der Waals surface area contributed by atoms with Gasteiger partial charge in [0.2, 0.25) is 0 Å². The zero-order valence-electron chi connectivity index (χ0n) is 23.5. The van der Waals surface area contributed by atoms with Gasteiger partial charge in [0.1, 0.15) is 5.75 Å². The summed E-state index contributed by atoms with van der Waals surface area (Å²) in [6, 6.07) is 23.8. The number of aryl methyl sites for hydroxylation is 5. The SMILES string of the molecule is Cc1cc(-c2c(C)ccc(O)c2-c2cc(C)c(/N=C/c3ccccn3)c(C)c2)cc(C)c1/N=C/c1ccccn1. The lowest BCUT2D eigenvalue weighted by Crippen LogP contribution is -1.94. The highest BCUT2D eigenvalue weighted by molar-refractivity contribution is 5.92. The van der Waals surface area contributed by atoms with E-state index in [9.17, 15) is 5.11 Å². The normalized spacial score (nSPS) is 11.5. The Morgan fingerprint density at radius 2 is 1.00 bits per heavy atom. The van der Waals surface area contributed by atoms with Crippen LogP contribution < -0.4 is 0 Å². The van der Waals surface area contributed by atoms with E-state index in [0.29, 0.717) is 0 Å². The molecule has 0 amide bonds. The third-order valence-corrected chi connectivity index (χ3v) is 6.98.